The molecule has 1 aliphatic heterocycles. The van der Waals surface area contributed by atoms with Crippen molar-refractivity contribution in [3.63, 3.8) is 0 Å². The summed E-state index contributed by atoms with van der Waals surface area (Å²) in [5.41, 5.74) is -0.320. The molecule has 2 saturated carbocycles. The van der Waals surface area contributed by atoms with Gasteiger partial charge in [-0.25, -0.2) is 0 Å². The van der Waals surface area contributed by atoms with Crippen molar-refractivity contribution in [2.24, 2.45) is 11.3 Å². The third-order valence-corrected chi connectivity index (χ3v) is 4.94. The Morgan fingerprint density at radius 2 is 1.88 bits per heavy atom. The van der Waals surface area contributed by atoms with E-state index < -0.39 is 5.79 Å². The van der Waals surface area contributed by atoms with Crippen molar-refractivity contribution in [2.45, 2.75) is 57.7 Å². The van der Waals surface area contributed by atoms with Crippen LogP contribution in [0.15, 0.2) is 0 Å². The van der Waals surface area contributed by atoms with Gasteiger partial charge in [0, 0.05) is 12.8 Å². The Balaban J connectivity index is 1.97. The summed E-state index contributed by atoms with van der Waals surface area (Å²) in [6.07, 6.45) is 6.87. The lowest BCUT2D eigenvalue weighted by molar-refractivity contribution is -0.256. The molecule has 1 heterocycles. The molecule has 0 amide bonds. The third kappa shape index (κ3) is 1.59. The van der Waals surface area contributed by atoms with E-state index in [2.05, 4.69) is 6.92 Å². The van der Waals surface area contributed by atoms with Gasteiger partial charge in [0.2, 0.25) is 0 Å². The quantitative estimate of drug-likeness (QED) is 0.651. The second kappa shape index (κ2) is 4.06. The SMILES string of the molecule is CC1CCC(=O)C2(CCCCC23OCCO3)C1. The molecule has 3 aliphatic rings. The van der Waals surface area contributed by atoms with Crippen molar-refractivity contribution in [1.29, 1.82) is 0 Å². The standard InChI is InChI=1S/C14H22O3/c1-11-4-5-12(15)13(10-11)6-2-3-7-14(13)16-8-9-17-14/h11H,2-10H2,1H3. The number of ketones is 1. The zero-order valence-electron chi connectivity index (χ0n) is 10.7. The number of carbonyl (C=O) groups excluding carboxylic acids is 1. The van der Waals surface area contributed by atoms with Crippen LogP contribution in [0.2, 0.25) is 0 Å². The molecule has 2 spiro atoms. The average Bonchev–Trinajstić information content (AvgIpc) is 2.78. The molecule has 96 valence electrons. The molecule has 17 heavy (non-hydrogen) atoms. The predicted octanol–water partition coefficient (Wildman–Crippen LogP) is 2.68. The number of fused-ring (bicyclic) bond motifs is 1. The Hall–Kier alpha value is -0.410. The van der Waals surface area contributed by atoms with Gasteiger partial charge in [0.1, 0.15) is 5.78 Å². The van der Waals surface area contributed by atoms with Gasteiger partial charge in [0.05, 0.1) is 18.6 Å². The number of hydrogen-bond donors (Lipinski definition) is 0. The lowest BCUT2D eigenvalue weighted by Crippen LogP contribution is -2.58. The van der Waals surface area contributed by atoms with E-state index in [-0.39, 0.29) is 5.41 Å². The van der Waals surface area contributed by atoms with Crippen LogP contribution in [0.25, 0.3) is 0 Å². The first kappa shape index (κ1) is 11.7. The highest BCUT2D eigenvalue weighted by molar-refractivity contribution is 5.87. The van der Waals surface area contributed by atoms with Gasteiger partial charge in [0.15, 0.2) is 5.79 Å². The molecule has 3 nitrogen and oxygen atoms in total. The Kier molecular flexibility index (Phi) is 2.79. The van der Waals surface area contributed by atoms with Gasteiger partial charge < -0.3 is 9.47 Å². The van der Waals surface area contributed by atoms with Crippen molar-refractivity contribution < 1.29 is 14.3 Å². The highest BCUT2D eigenvalue weighted by Gasteiger charge is 2.61. The summed E-state index contributed by atoms with van der Waals surface area (Å²) in [7, 11) is 0. The molecule has 2 atom stereocenters. The molecule has 0 N–H and O–H groups in total. The van der Waals surface area contributed by atoms with E-state index in [4.69, 9.17) is 9.47 Å². The number of hydrogen-bond acceptors (Lipinski definition) is 3. The van der Waals surface area contributed by atoms with Crippen molar-refractivity contribution in [3.05, 3.63) is 0 Å². The second-order valence-corrected chi connectivity index (χ2v) is 6.01. The molecule has 0 radical (unpaired) electrons. The molecule has 1 saturated heterocycles. The maximum absolute atomic E-state index is 12.5. The minimum Gasteiger partial charge on any atom is -0.346 e. The average molecular weight is 238 g/mol. The molecule has 0 aromatic rings. The van der Waals surface area contributed by atoms with Gasteiger partial charge in [0.25, 0.3) is 0 Å². The van der Waals surface area contributed by atoms with Gasteiger partial charge in [-0.2, -0.15) is 0 Å². The lowest BCUT2D eigenvalue weighted by Gasteiger charge is -2.51. The van der Waals surface area contributed by atoms with Crippen LogP contribution in [0, 0.1) is 11.3 Å². The Labute approximate surface area is 103 Å². The molecule has 3 rings (SSSR count). The smallest absolute Gasteiger partial charge is 0.180 e. The van der Waals surface area contributed by atoms with Crippen LogP contribution in [0.4, 0.5) is 0 Å². The zero-order chi connectivity index (χ0) is 11.9. The number of carbonyl (C=O) groups is 1. The van der Waals surface area contributed by atoms with Crippen LogP contribution in [-0.2, 0) is 14.3 Å². The first-order valence-electron chi connectivity index (χ1n) is 7.00. The van der Waals surface area contributed by atoms with E-state index in [1.165, 1.54) is 0 Å². The summed E-state index contributed by atoms with van der Waals surface area (Å²) in [4.78, 5) is 12.5. The summed E-state index contributed by atoms with van der Waals surface area (Å²) in [6.45, 7) is 3.57. The molecule has 0 bridgehead atoms. The van der Waals surface area contributed by atoms with Gasteiger partial charge >= 0.3 is 0 Å². The van der Waals surface area contributed by atoms with Gasteiger partial charge in [-0.05, 0) is 31.6 Å². The fourth-order valence-corrected chi connectivity index (χ4v) is 4.13. The van der Waals surface area contributed by atoms with E-state index in [1.807, 2.05) is 0 Å². The Morgan fingerprint density at radius 3 is 2.65 bits per heavy atom. The van der Waals surface area contributed by atoms with Crippen LogP contribution >= 0.6 is 0 Å². The monoisotopic (exact) mass is 238 g/mol. The van der Waals surface area contributed by atoms with Crippen LogP contribution in [0.5, 0.6) is 0 Å². The van der Waals surface area contributed by atoms with Crippen molar-refractivity contribution in [3.8, 4) is 0 Å². The van der Waals surface area contributed by atoms with E-state index in [0.717, 1.165) is 44.9 Å². The van der Waals surface area contributed by atoms with Gasteiger partial charge in [-0.15, -0.1) is 0 Å². The third-order valence-electron chi connectivity index (χ3n) is 4.94. The summed E-state index contributed by atoms with van der Waals surface area (Å²) in [5.74, 6) is 0.462. The van der Waals surface area contributed by atoms with E-state index >= 15 is 0 Å². The zero-order valence-corrected chi connectivity index (χ0v) is 10.7. The van der Waals surface area contributed by atoms with Gasteiger partial charge in [-0.1, -0.05) is 13.3 Å². The van der Waals surface area contributed by atoms with Crippen LogP contribution in [0.1, 0.15) is 51.9 Å². The number of rotatable bonds is 0. The lowest BCUT2D eigenvalue weighted by atomic mass is 9.58. The highest BCUT2D eigenvalue weighted by atomic mass is 16.7. The molecular weight excluding hydrogens is 216 g/mol. The maximum atomic E-state index is 12.5. The molecular formula is C14H22O3. The number of Topliss-reactive ketones (excluding diaryl/α,β-unsaturated/α-hetero) is 1. The predicted molar refractivity (Wildman–Crippen MR) is 63.6 cm³/mol. The van der Waals surface area contributed by atoms with E-state index in [9.17, 15) is 4.79 Å². The molecule has 0 aromatic carbocycles. The minimum absolute atomic E-state index is 0.320. The van der Waals surface area contributed by atoms with Crippen LogP contribution < -0.4 is 0 Å². The maximum Gasteiger partial charge on any atom is 0.180 e. The molecule has 0 aromatic heterocycles. The summed E-state index contributed by atoms with van der Waals surface area (Å²) in [5, 5.41) is 0. The molecule has 2 unspecified atom stereocenters. The van der Waals surface area contributed by atoms with E-state index in [0.29, 0.717) is 24.9 Å². The molecule has 3 heteroatoms. The Morgan fingerprint density at radius 1 is 1.18 bits per heavy atom. The summed E-state index contributed by atoms with van der Waals surface area (Å²) in [6, 6.07) is 0. The van der Waals surface area contributed by atoms with Crippen LogP contribution in [0.3, 0.4) is 0 Å². The second-order valence-electron chi connectivity index (χ2n) is 6.01. The minimum atomic E-state index is -0.559. The topological polar surface area (TPSA) is 35.5 Å². The molecule has 3 fully saturated rings. The Bertz CT molecular complexity index is 319. The van der Waals surface area contributed by atoms with Crippen LogP contribution in [-0.4, -0.2) is 24.8 Å². The van der Waals surface area contributed by atoms with E-state index in [1.54, 1.807) is 0 Å². The van der Waals surface area contributed by atoms with Crippen molar-refractivity contribution in [1.82, 2.24) is 0 Å². The number of ether oxygens (including phenoxy) is 2. The van der Waals surface area contributed by atoms with Crippen molar-refractivity contribution in [2.75, 3.05) is 13.2 Å². The molecule has 2 aliphatic carbocycles. The largest absolute Gasteiger partial charge is 0.346 e. The van der Waals surface area contributed by atoms with Crippen molar-refractivity contribution >= 4 is 5.78 Å². The van der Waals surface area contributed by atoms with Gasteiger partial charge in [-0.3, -0.25) is 4.79 Å². The highest BCUT2D eigenvalue weighted by Crippen LogP contribution is 2.56. The first-order chi connectivity index (χ1) is 8.19. The summed E-state index contributed by atoms with van der Waals surface area (Å²) >= 11 is 0. The fourth-order valence-electron chi connectivity index (χ4n) is 4.13. The summed E-state index contributed by atoms with van der Waals surface area (Å²) < 4.78 is 11.9. The first-order valence-corrected chi connectivity index (χ1v) is 7.00. The normalized spacial score (nSPS) is 41.2. The fraction of sp³-hybridized carbons (Fsp3) is 0.929.